The van der Waals surface area contributed by atoms with Crippen molar-refractivity contribution in [1.82, 2.24) is 15.0 Å². The average Bonchev–Trinajstić information content (AvgIpc) is 2.67. The van der Waals surface area contributed by atoms with Crippen LogP contribution < -0.4 is 0 Å². The van der Waals surface area contributed by atoms with Crippen LogP contribution >= 0.6 is 0 Å². The third-order valence-corrected chi connectivity index (χ3v) is 5.28. The summed E-state index contributed by atoms with van der Waals surface area (Å²) < 4.78 is 0.989. The molecule has 1 fully saturated rings. The van der Waals surface area contributed by atoms with Gasteiger partial charge in [0.05, 0.1) is 0 Å². The molecule has 0 saturated heterocycles. The van der Waals surface area contributed by atoms with Crippen molar-refractivity contribution in [3.8, 4) is 0 Å². The quantitative estimate of drug-likeness (QED) is 0.462. The number of rotatable bonds is 4. The summed E-state index contributed by atoms with van der Waals surface area (Å²) in [5.41, 5.74) is 2.80. The van der Waals surface area contributed by atoms with Crippen LogP contribution in [0.25, 0.3) is 0 Å². The molecule has 2 aromatic heterocycles. The third kappa shape index (κ3) is 4.34. The van der Waals surface area contributed by atoms with Gasteiger partial charge >= 0.3 is 150 Å². The predicted molar refractivity (Wildman–Crippen MR) is 96.4 cm³/mol. The molecule has 5 nitrogen and oxygen atoms in total. The summed E-state index contributed by atoms with van der Waals surface area (Å²) in [6.45, 7) is 1.93. The number of pyridine rings is 1. The average molecular weight is 385 g/mol. The van der Waals surface area contributed by atoms with Gasteiger partial charge in [-0.25, -0.2) is 0 Å². The van der Waals surface area contributed by atoms with Crippen LogP contribution in [-0.2, 0) is 0 Å². The van der Waals surface area contributed by atoms with Crippen LogP contribution in [0.1, 0.15) is 49.9 Å². The van der Waals surface area contributed by atoms with Crippen molar-refractivity contribution >= 4 is 26.3 Å². The second-order valence-corrected chi connectivity index (χ2v) is 6.90. The summed E-state index contributed by atoms with van der Waals surface area (Å²) in [6, 6.07) is 5.80. The Morgan fingerprint density at radius 3 is 2.54 bits per heavy atom. The molecule has 2 heterocycles. The maximum atomic E-state index is 4.44. The molecule has 0 bridgehead atoms. The fourth-order valence-electron chi connectivity index (χ4n) is 2.99. The van der Waals surface area contributed by atoms with Crippen LogP contribution in [0.3, 0.4) is 0 Å². The van der Waals surface area contributed by atoms with E-state index in [1.807, 2.05) is 31.3 Å². The Bertz CT molecular complexity index is 707. The second kappa shape index (κ2) is 8.27. The van der Waals surface area contributed by atoms with Crippen molar-refractivity contribution in [3.05, 3.63) is 54.4 Å². The molecule has 1 aliphatic rings. The Morgan fingerprint density at radius 2 is 1.88 bits per heavy atom. The summed E-state index contributed by atoms with van der Waals surface area (Å²) in [4.78, 5) is 12.9. The fraction of sp³-hybridized carbons (Fsp3) is 0.389. The van der Waals surface area contributed by atoms with E-state index >= 15 is 0 Å². The van der Waals surface area contributed by atoms with E-state index in [2.05, 4.69) is 41.2 Å². The summed E-state index contributed by atoms with van der Waals surface area (Å²) in [5.74, 6) is 0.972. The van der Waals surface area contributed by atoms with E-state index in [1.54, 1.807) is 18.6 Å². The van der Waals surface area contributed by atoms with Gasteiger partial charge in [-0.1, -0.05) is 0 Å². The topological polar surface area (TPSA) is 63.4 Å². The Balaban J connectivity index is 1.60. The van der Waals surface area contributed by atoms with E-state index < -0.39 is 0 Å². The predicted octanol–water partition coefficient (Wildman–Crippen LogP) is 3.14. The van der Waals surface area contributed by atoms with Crippen LogP contribution in [0.5, 0.6) is 0 Å². The molecule has 6 heteroatoms. The van der Waals surface area contributed by atoms with Crippen LogP contribution in [0.4, 0.5) is 0 Å². The molecule has 123 valence electrons. The molecule has 0 unspecified atom stereocenters. The van der Waals surface area contributed by atoms with E-state index in [0.717, 1.165) is 47.4 Å². The van der Waals surface area contributed by atoms with Crippen molar-refractivity contribution < 1.29 is 0 Å². The van der Waals surface area contributed by atoms with Crippen LogP contribution in [0.15, 0.2) is 53.2 Å². The van der Waals surface area contributed by atoms with Gasteiger partial charge in [0, 0.05) is 0 Å². The van der Waals surface area contributed by atoms with Gasteiger partial charge in [0.1, 0.15) is 0 Å². The molecule has 1 radical (unpaired) electrons. The Labute approximate surface area is 150 Å². The molecular weight excluding hydrogens is 365 g/mol. The second-order valence-electron chi connectivity index (χ2n) is 6.02. The Morgan fingerprint density at radius 1 is 1.04 bits per heavy atom. The minimum absolute atomic E-state index is 0.457. The first-order chi connectivity index (χ1) is 11.7. The van der Waals surface area contributed by atoms with Gasteiger partial charge in [0.25, 0.3) is 0 Å². The molecule has 2 aromatic rings. The summed E-state index contributed by atoms with van der Waals surface area (Å²) in [7, 11) is 0. The molecule has 0 N–H and O–H groups in total. The first-order valence-electron chi connectivity index (χ1n) is 8.20. The van der Waals surface area contributed by atoms with E-state index in [-0.39, 0.29) is 0 Å². The van der Waals surface area contributed by atoms with Gasteiger partial charge < -0.3 is 0 Å². The van der Waals surface area contributed by atoms with Crippen molar-refractivity contribution in [2.24, 2.45) is 16.1 Å². The molecule has 3 rings (SSSR count). The third-order valence-electron chi connectivity index (χ3n) is 4.41. The summed E-state index contributed by atoms with van der Waals surface area (Å²) in [5, 5.41) is 8.74. The van der Waals surface area contributed by atoms with Crippen molar-refractivity contribution in [1.29, 1.82) is 0 Å². The molecule has 1 saturated carbocycles. The molecule has 0 spiro atoms. The first kappa shape index (κ1) is 16.9. The van der Waals surface area contributed by atoms with Crippen molar-refractivity contribution in [3.63, 3.8) is 0 Å². The molecule has 0 atom stereocenters. The van der Waals surface area contributed by atoms with Crippen LogP contribution in [-0.4, -0.2) is 41.3 Å². The molecule has 0 aromatic carbocycles. The Kier molecular flexibility index (Phi) is 5.83. The SMILES string of the molecule is CC(=NN=C([Se])C1CCC(c2cnccn2)CC1)c1ccccn1. The molecule has 24 heavy (non-hydrogen) atoms. The number of hydrogen-bond acceptors (Lipinski definition) is 5. The molecule has 0 amide bonds. The standard InChI is InChI=1S/C18H20N5Se/c1-13(16-4-2-3-9-20-16)22-23-18(24)15-7-5-14(6-8-15)17-12-19-10-11-21-17/h2-4,9-12,14-15H,5-8H2,1H3. The van der Waals surface area contributed by atoms with E-state index in [0.29, 0.717) is 11.8 Å². The van der Waals surface area contributed by atoms with Gasteiger partial charge in [-0.3, -0.25) is 0 Å². The van der Waals surface area contributed by atoms with Crippen LogP contribution in [0, 0.1) is 5.92 Å². The Hall–Kier alpha value is -1.91. The maximum absolute atomic E-state index is 4.44. The van der Waals surface area contributed by atoms with Gasteiger partial charge in [0.15, 0.2) is 0 Å². The minimum atomic E-state index is 0.457. The van der Waals surface area contributed by atoms with Crippen molar-refractivity contribution in [2.75, 3.05) is 0 Å². The molecular formula is C18H20N5Se. The van der Waals surface area contributed by atoms with Gasteiger partial charge in [-0.15, -0.1) is 0 Å². The van der Waals surface area contributed by atoms with Crippen molar-refractivity contribution in [2.45, 2.75) is 38.5 Å². The number of nitrogens with zero attached hydrogens (tertiary/aromatic N) is 5. The summed E-state index contributed by atoms with van der Waals surface area (Å²) >= 11 is 3.10. The number of aromatic nitrogens is 3. The normalized spacial score (nSPS) is 22.4. The van der Waals surface area contributed by atoms with Gasteiger partial charge in [-0.05, 0) is 0 Å². The molecule has 0 aliphatic heterocycles. The zero-order valence-corrected chi connectivity index (χ0v) is 15.4. The van der Waals surface area contributed by atoms with Gasteiger partial charge in [0.2, 0.25) is 0 Å². The molecule has 1 aliphatic carbocycles. The van der Waals surface area contributed by atoms with E-state index in [9.17, 15) is 0 Å². The van der Waals surface area contributed by atoms with E-state index in [4.69, 9.17) is 0 Å². The van der Waals surface area contributed by atoms with Crippen LogP contribution in [0.2, 0.25) is 0 Å². The summed E-state index contributed by atoms with van der Waals surface area (Å²) in [6.07, 6.45) is 11.6. The van der Waals surface area contributed by atoms with E-state index in [1.165, 1.54) is 0 Å². The zero-order chi connectivity index (χ0) is 16.8. The first-order valence-corrected chi connectivity index (χ1v) is 9.06. The fourth-order valence-corrected chi connectivity index (χ4v) is 3.57. The van der Waals surface area contributed by atoms with Gasteiger partial charge in [-0.2, -0.15) is 0 Å². The zero-order valence-electron chi connectivity index (χ0n) is 13.7. The monoisotopic (exact) mass is 386 g/mol. The number of hydrogen-bond donors (Lipinski definition) is 0.